The monoisotopic (exact) mass is 189 g/mol. The fraction of sp³-hybridized carbons (Fsp3) is 0.375. The van der Waals surface area contributed by atoms with Crippen LogP contribution < -0.4 is 0 Å². The molecule has 0 aliphatic heterocycles. The summed E-state index contributed by atoms with van der Waals surface area (Å²) >= 11 is 0. The van der Waals surface area contributed by atoms with Crippen LogP contribution in [0.1, 0.15) is 18.5 Å². The number of rotatable bonds is 4. The van der Waals surface area contributed by atoms with Crippen molar-refractivity contribution in [2.75, 3.05) is 0 Å². The van der Waals surface area contributed by atoms with E-state index in [-0.39, 0.29) is 18.7 Å². The number of aryl methyl sites for hydroxylation is 1. The van der Waals surface area contributed by atoms with Crippen molar-refractivity contribution in [2.24, 2.45) is 0 Å². The third-order valence-corrected chi connectivity index (χ3v) is 1.65. The second-order valence-corrected chi connectivity index (χ2v) is 2.57. The standard InChI is InChI=1S/C8H9F2NO2/c9-8(10)6-2-1-4-11(6)5-3-7(12)13/h1-2,4,8H,3,5H2,(H,12,13). The molecule has 0 radical (unpaired) electrons. The summed E-state index contributed by atoms with van der Waals surface area (Å²) < 4.78 is 25.7. The first-order valence-corrected chi connectivity index (χ1v) is 3.76. The molecule has 3 nitrogen and oxygen atoms in total. The van der Waals surface area contributed by atoms with Gasteiger partial charge < -0.3 is 9.67 Å². The zero-order valence-electron chi connectivity index (χ0n) is 6.78. The Morgan fingerprint density at radius 2 is 2.31 bits per heavy atom. The number of halogens is 2. The van der Waals surface area contributed by atoms with Crippen LogP contribution in [0.2, 0.25) is 0 Å². The Morgan fingerprint density at radius 1 is 1.62 bits per heavy atom. The van der Waals surface area contributed by atoms with Crippen molar-refractivity contribution < 1.29 is 18.7 Å². The molecule has 0 aromatic carbocycles. The highest BCUT2D eigenvalue weighted by Crippen LogP contribution is 2.19. The topological polar surface area (TPSA) is 42.2 Å². The van der Waals surface area contributed by atoms with Crippen LogP contribution in [0.25, 0.3) is 0 Å². The first-order chi connectivity index (χ1) is 6.11. The Balaban J connectivity index is 2.65. The predicted molar refractivity (Wildman–Crippen MR) is 41.6 cm³/mol. The smallest absolute Gasteiger partial charge is 0.305 e. The van der Waals surface area contributed by atoms with E-state index in [1.165, 1.54) is 22.9 Å². The van der Waals surface area contributed by atoms with Gasteiger partial charge in [-0.2, -0.15) is 0 Å². The second-order valence-electron chi connectivity index (χ2n) is 2.57. The van der Waals surface area contributed by atoms with Gasteiger partial charge in [-0.25, -0.2) is 8.78 Å². The first-order valence-electron chi connectivity index (χ1n) is 3.76. The minimum atomic E-state index is -2.55. The maximum Gasteiger partial charge on any atom is 0.305 e. The van der Waals surface area contributed by atoms with Gasteiger partial charge in [-0.3, -0.25) is 4.79 Å². The quantitative estimate of drug-likeness (QED) is 0.785. The lowest BCUT2D eigenvalue weighted by atomic mass is 10.4. The number of aromatic nitrogens is 1. The van der Waals surface area contributed by atoms with Gasteiger partial charge in [0.1, 0.15) is 0 Å². The highest BCUT2D eigenvalue weighted by atomic mass is 19.3. The van der Waals surface area contributed by atoms with Gasteiger partial charge >= 0.3 is 5.97 Å². The summed E-state index contributed by atoms with van der Waals surface area (Å²) in [6, 6.07) is 2.76. The van der Waals surface area contributed by atoms with E-state index in [0.29, 0.717) is 0 Å². The Morgan fingerprint density at radius 3 is 2.85 bits per heavy atom. The summed E-state index contributed by atoms with van der Waals surface area (Å²) in [6.45, 7) is 0.0853. The van der Waals surface area contributed by atoms with E-state index in [1.807, 2.05) is 0 Å². The van der Waals surface area contributed by atoms with Crippen LogP contribution in [0.4, 0.5) is 8.78 Å². The molecule has 1 rings (SSSR count). The van der Waals surface area contributed by atoms with E-state index in [1.54, 1.807) is 0 Å². The fourth-order valence-corrected chi connectivity index (χ4v) is 1.05. The molecule has 0 spiro atoms. The molecular formula is C8H9F2NO2. The lowest BCUT2D eigenvalue weighted by Crippen LogP contribution is -2.06. The van der Waals surface area contributed by atoms with E-state index in [2.05, 4.69) is 0 Å². The van der Waals surface area contributed by atoms with Gasteiger partial charge in [0.2, 0.25) is 0 Å². The minimum absolute atomic E-state index is 0.0853. The number of carboxylic acids is 1. The number of alkyl halides is 2. The molecule has 0 atom stereocenters. The minimum Gasteiger partial charge on any atom is -0.481 e. The van der Waals surface area contributed by atoms with Crippen molar-refractivity contribution >= 4 is 5.97 Å². The SMILES string of the molecule is O=C(O)CCn1cccc1C(F)F. The number of hydrogen-bond donors (Lipinski definition) is 1. The van der Waals surface area contributed by atoms with E-state index < -0.39 is 12.4 Å². The highest BCUT2D eigenvalue weighted by Gasteiger charge is 2.11. The van der Waals surface area contributed by atoms with Crippen molar-refractivity contribution in [1.82, 2.24) is 4.57 Å². The second kappa shape index (κ2) is 4.02. The Hall–Kier alpha value is -1.39. The Bertz CT molecular complexity index is 296. The summed E-state index contributed by atoms with van der Waals surface area (Å²) in [5, 5.41) is 8.34. The van der Waals surface area contributed by atoms with Gasteiger partial charge in [-0.15, -0.1) is 0 Å². The maximum absolute atomic E-state index is 12.2. The largest absolute Gasteiger partial charge is 0.481 e. The highest BCUT2D eigenvalue weighted by molar-refractivity contribution is 5.66. The first kappa shape index (κ1) is 9.70. The average molecular weight is 189 g/mol. The van der Waals surface area contributed by atoms with Crippen LogP contribution in [-0.4, -0.2) is 15.6 Å². The van der Waals surface area contributed by atoms with Crippen LogP contribution in [0.15, 0.2) is 18.3 Å². The maximum atomic E-state index is 12.2. The van der Waals surface area contributed by atoms with Crippen molar-refractivity contribution in [1.29, 1.82) is 0 Å². The normalized spacial score (nSPS) is 10.7. The van der Waals surface area contributed by atoms with Crippen molar-refractivity contribution in [2.45, 2.75) is 19.4 Å². The number of hydrogen-bond acceptors (Lipinski definition) is 1. The molecule has 0 saturated heterocycles. The molecule has 1 aromatic heterocycles. The molecule has 0 saturated carbocycles. The van der Waals surface area contributed by atoms with Gasteiger partial charge in [-0.1, -0.05) is 0 Å². The zero-order valence-corrected chi connectivity index (χ0v) is 6.78. The number of carboxylic acid groups (broad SMARTS) is 1. The van der Waals surface area contributed by atoms with Crippen LogP contribution in [0.3, 0.4) is 0 Å². The van der Waals surface area contributed by atoms with Crippen LogP contribution in [-0.2, 0) is 11.3 Å². The van der Waals surface area contributed by atoms with Gasteiger partial charge in [0.15, 0.2) is 0 Å². The Labute approximate surface area is 73.6 Å². The van der Waals surface area contributed by atoms with Gasteiger partial charge in [-0.05, 0) is 12.1 Å². The molecule has 0 unspecified atom stereocenters. The molecule has 0 amide bonds. The summed E-state index contributed by atoms with van der Waals surface area (Å²) in [5.41, 5.74) is -0.138. The molecule has 5 heteroatoms. The van der Waals surface area contributed by atoms with E-state index in [0.717, 1.165) is 0 Å². The van der Waals surface area contributed by atoms with Crippen molar-refractivity contribution in [3.63, 3.8) is 0 Å². The van der Waals surface area contributed by atoms with E-state index in [4.69, 9.17) is 5.11 Å². The molecule has 0 fully saturated rings. The zero-order chi connectivity index (χ0) is 9.84. The van der Waals surface area contributed by atoms with Crippen molar-refractivity contribution in [3.8, 4) is 0 Å². The lowest BCUT2D eigenvalue weighted by molar-refractivity contribution is -0.137. The molecular weight excluding hydrogens is 180 g/mol. The van der Waals surface area contributed by atoms with Crippen LogP contribution in [0, 0.1) is 0 Å². The number of nitrogens with zero attached hydrogens (tertiary/aromatic N) is 1. The summed E-state index contributed by atoms with van der Waals surface area (Å²) in [6.07, 6.45) is -1.25. The van der Waals surface area contributed by atoms with Gasteiger partial charge in [0.05, 0.1) is 12.1 Å². The third kappa shape index (κ3) is 2.54. The molecule has 1 N–H and O–H groups in total. The predicted octanol–water partition coefficient (Wildman–Crippen LogP) is 1.90. The number of carbonyl (C=O) groups is 1. The van der Waals surface area contributed by atoms with Crippen LogP contribution in [0.5, 0.6) is 0 Å². The molecule has 0 aliphatic rings. The van der Waals surface area contributed by atoms with E-state index >= 15 is 0 Å². The summed E-state index contributed by atoms with van der Waals surface area (Å²) in [4.78, 5) is 10.2. The molecule has 0 aliphatic carbocycles. The summed E-state index contributed by atoms with van der Waals surface area (Å²) in [5.74, 6) is -0.992. The average Bonchev–Trinajstić information content (AvgIpc) is 2.47. The number of aliphatic carboxylic acids is 1. The van der Waals surface area contributed by atoms with Crippen LogP contribution >= 0.6 is 0 Å². The molecule has 1 aromatic rings. The lowest BCUT2D eigenvalue weighted by Gasteiger charge is -2.05. The molecule has 72 valence electrons. The van der Waals surface area contributed by atoms with Gasteiger partial charge in [0.25, 0.3) is 6.43 Å². The molecule has 0 bridgehead atoms. The molecule has 13 heavy (non-hydrogen) atoms. The van der Waals surface area contributed by atoms with Gasteiger partial charge in [0, 0.05) is 12.7 Å². The van der Waals surface area contributed by atoms with Crippen molar-refractivity contribution in [3.05, 3.63) is 24.0 Å². The molecule has 1 heterocycles. The fourth-order valence-electron chi connectivity index (χ4n) is 1.05. The summed E-state index contributed by atoms with van der Waals surface area (Å²) in [7, 11) is 0. The third-order valence-electron chi connectivity index (χ3n) is 1.65. The van der Waals surface area contributed by atoms with E-state index in [9.17, 15) is 13.6 Å². The Kier molecular flexibility index (Phi) is 3.00.